The van der Waals surface area contributed by atoms with Gasteiger partial charge in [0.25, 0.3) is 11.8 Å². The number of tetrazole rings is 1. The van der Waals surface area contributed by atoms with Crippen LogP contribution in [0.3, 0.4) is 0 Å². The first kappa shape index (κ1) is 45.0. The van der Waals surface area contributed by atoms with Gasteiger partial charge in [-0.3, -0.25) is 29.0 Å². The highest BCUT2D eigenvalue weighted by Gasteiger charge is 2.55. The number of nitrogens with two attached hydrogens (primary N) is 2. The van der Waals surface area contributed by atoms with Crippen molar-refractivity contribution in [2.24, 2.45) is 5.73 Å². The molecule has 5 atom stereocenters. The van der Waals surface area contributed by atoms with Gasteiger partial charge >= 0.3 is 11.9 Å². The van der Waals surface area contributed by atoms with Crippen molar-refractivity contribution in [1.29, 1.82) is 0 Å². The van der Waals surface area contributed by atoms with Crippen LogP contribution in [-0.2, 0) is 41.7 Å². The summed E-state index contributed by atoms with van der Waals surface area (Å²) in [6, 6.07) is 5.95. The number of aromatic nitrogens is 5. The van der Waals surface area contributed by atoms with Crippen LogP contribution < -0.4 is 22.1 Å². The summed E-state index contributed by atoms with van der Waals surface area (Å²) in [6.45, 7) is 1.36. The van der Waals surface area contributed by atoms with Gasteiger partial charge in [0.05, 0.1) is 24.7 Å². The van der Waals surface area contributed by atoms with Gasteiger partial charge in [-0.15, -0.1) is 28.2 Å². The molecule has 10 N–H and O–H groups in total. The summed E-state index contributed by atoms with van der Waals surface area (Å²) >= 11 is 9.90. The predicted octanol–water partition coefficient (Wildman–Crippen LogP) is -0.767. The first-order valence-corrected chi connectivity index (χ1v) is 20.9. The van der Waals surface area contributed by atoms with Crippen LogP contribution in [0.5, 0.6) is 0 Å². The second-order valence-corrected chi connectivity index (χ2v) is 17.0. The molecule has 0 radical (unpaired) electrons. The number of β-lactam (4-membered cyclic amide) rings is 2. The number of carbonyl (C=O) groups is 6. The lowest BCUT2D eigenvalue weighted by Gasteiger charge is -2.49. The number of nitrogens with zero attached hydrogens (tertiary/aromatic N) is 8. The zero-order chi connectivity index (χ0) is 41.8. The summed E-state index contributed by atoms with van der Waals surface area (Å²) in [5.74, 6) is -3.45. The minimum absolute atomic E-state index is 0. The van der Waals surface area contributed by atoms with Crippen LogP contribution in [0.1, 0.15) is 30.1 Å². The third-order valence-corrected chi connectivity index (χ3v) is 12.9. The molecule has 2 aromatic heterocycles. The number of nitrogen functional groups attached to an aromatic ring is 1. The molecule has 0 unspecified atom stereocenters. The Balaban J connectivity index is 0.000000233. The molecule has 59 heavy (non-hydrogen) atoms. The fraction of sp³-hybridized carbons (Fsp3) is 0.412. The molecule has 0 saturated carbocycles. The molecule has 2 saturated heterocycles. The number of anilines is 1. The maximum atomic E-state index is 12.8. The minimum atomic E-state index is -1.25. The zero-order valence-electron chi connectivity index (χ0n) is 31.5. The smallest absolute Gasteiger partial charge is 0.353 e. The highest BCUT2D eigenvalue weighted by atomic mass is 35.5. The number of fused-ring (bicyclic) bond motifs is 2. The number of carboxylic acid groups (broad SMARTS) is 2. The fourth-order valence-electron chi connectivity index (χ4n) is 6.55. The highest BCUT2D eigenvalue weighted by Crippen LogP contribution is 2.42. The van der Waals surface area contributed by atoms with Crippen LogP contribution in [0, 0.1) is 0 Å². The Bertz CT molecular complexity index is 2170. The number of aliphatic carboxylic acids is 2. The number of thiazole rings is 1. The van der Waals surface area contributed by atoms with Gasteiger partial charge in [0.2, 0.25) is 17.0 Å². The average Bonchev–Trinajstić information content (AvgIpc) is 3.84. The number of nitrogens with one attached hydrogen (secondary N) is 2. The number of likely N-dealkylation sites (N-methyl/N-ethyl adjacent to an activating group) is 1. The molecule has 4 aliphatic heterocycles. The molecule has 4 amide bonds. The lowest BCUT2D eigenvalue weighted by atomic mass is 9.86. The molecule has 2 fully saturated rings. The third kappa shape index (κ3) is 9.86. The Morgan fingerprint density at radius 1 is 1.05 bits per heavy atom. The van der Waals surface area contributed by atoms with Crippen molar-refractivity contribution in [3.8, 4) is 0 Å². The van der Waals surface area contributed by atoms with E-state index in [-0.39, 0.29) is 34.2 Å². The summed E-state index contributed by atoms with van der Waals surface area (Å²) in [4.78, 5) is 81.5. The molecule has 1 aromatic carbocycles. The van der Waals surface area contributed by atoms with E-state index in [1.54, 1.807) is 34.3 Å². The van der Waals surface area contributed by atoms with Crippen molar-refractivity contribution < 1.29 is 44.5 Å². The largest absolute Gasteiger partial charge is 0.477 e. The second-order valence-electron chi connectivity index (χ2n) is 13.6. The van der Waals surface area contributed by atoms with E-state index in [1.165, 1.54) is 39.8 Å². The number of halogens is 1. The highest BCUT2D eigenvalue weighted by molar-refractivity contribution is 8.01. The average molecular weight is 893 g/mol. The Hall–Kier alpha value is -5.11. The maximum absolute atomic E-state index is 12.8. The molecule has 6 heterocycles. The van der Waals surface area contributed by atoms with Crippen molar-refractivity contribution in [2.75, 3.05) is 37.9 Å². The second kappa shape index (κ2) is 19.3. The van der Waals surface area contributed by atoms with Gasteiger partial charge in [0, 0.05) is 28.5 Å². The maximum Gasteiger partial charge on any atom is 0.353 e. The molecule has 0 spiro atoms. The molecule has 4 aliphatic rings. The number of hydrogen-bond donors (Lipinski definition) is 6. The first-order valence-electron chi connectivity index (χ1n) is 17.6. The molecule has 7 rings (SSSR count). The number of amides is 4. The molecule has 21 nitrogen and oxygen atoms in total. The summed E-state index contributed by atoms with van der Waals surface area (Å²) in [6.07, 6.45) is 0.850. The van der Waals surface area contributed by atoms with Gasteiger partial charge in [0.15, 0.2) is 5.13 Å². The van der Waals surface area contributed by atoms with Gasteiger partial charge < -0.3 is 42.7 Å². The van der Waals surface area contributed by atoms with Crippen LogP contribution in [0.15, 0.2) is 62.9 Å². The van der Waals surface area contributed by atoms with Gasteiger partial charge in [-0.25, -0.2) is 19.3 Å². The van der Waals surface area contributed by atoms with Gasteiger partial charge in [-0.2, -0.15) is 0 Å². The van der Waals surface area contributed by atoms with E-state index in [0.717, 1.165) is 11.4 Å². The number of carbonyl (C=O) groups excluding carboxylic acids is 4. The Kier molecular flexibility index (Phi) is 14.7. The molecular formula is C34H41ClN12O9S3. The SMILES string of the molecule is CN(C)CCn1nnnc1SCC1=C(C(=O)O)N2C(=O)[C@@H](NC(=O)Cc3csc(N)n3)[C@H]2SC1.N[C@@H](C(=O)N[C@@H]1C(=O)N2C(C(=O)O)=C(Cl)CC[C@H]12)c1ccccc1.O. The van der Waals surface area contributed by atoms with Crippen molar-refractivity contribution in [3.05, 3.63) is 69.0 Å². The molecule has 25 heteroatoms. The number of hydrogen-bond acceptors (Lipinski definition) is 16. The van der Waals surface area contributed by atoms with Crippen LogP contribution in [0.25, 0.3) is 0 Å². The van der Waals surface area contributed by atoms with E-state index in [0.29, 0.717) is 58.0 Å². The topological polar surface area (TPSA) is 317 Å². The van der Waals surface area contributed by atoms with Crippen LogP contribution in [0.4, 0.5) is 5.13 Å². The number of carboxylic acids is 2. The normalized spacial score (nSPS) is 21.2. The lowest BCUT2D eigenvalue weighted by Crippen LogP contribution is -2.72. The lowest BCUT2D eigenvalue weighted by molar-refractivity contribution is -0.156. The van der Waals surface area contributed by atoms with Crippen LogP contribution in [-0.4, -0.2) is 147 Å². The summed E-state index contributed by atoms with van der Waals surface area (Å²) in [5, 5.41) is 38.4. The van der Waals surface area contributed by atoms with Crippen molar-refractivity contribution >= 4 is 87.2 Å². The van der Waals surface area contributed by atoms with E-state index in [2.05, 4.69) is 31.1 Å². The van der Waals surface area contributed by atoms with Crippen LogP contribution in [0.2, 0.25) is 0 Å². The third-order valence-electron chi connectivity index (χ3n) is 9.43. The first-order chi connectivity index (χ1) is 27.7. The van der Waals surface area contributed by atoms with E-state index >= 15 is 0 Å². The van der Waals surface area contributed by atoms with E-state index in [1.807, 2.05) is 25.1 Å². The Morgan fingerprint density at radius 2 is 1.75 bits per heavy atom. The van der Waals surface area contributed by atoms with E-state index < -0.39 is 59.2 Å². The van der Waals surface area contributed by atoms with Crippen molar-refractivity contribution in [1.82, 2.24) is 50.5 Å². The standard InChI is InChI=1S/C18H23N9O4S3.C16H16ClN3O4.H2O/c1-25(2)3-4-26-18(22-23-24-26)34-7-9-6-32-15-12(14(29)27(15)13(9)16(30)31)21-11(28)5-10-8-33-17(19)20-10;17-9-6-7-10-12(15(22)20(10)13(9)16(23)24)19-14(21)11(18)8-4-2-1-3-5-8;/h8,12,15H,3-7H2,1-2H3,(H2,19,20)(H,21,28)(H,30,31);1-5,10-12H,6-7,18H2,(H,19,21)(H,23,24);1H2/t12-,15-;10-,11-,12+;/m11./s1. The predicted molar refractivity (Wildman–Crippen MR) is 216 cm³/mol. The minimum Gasteiger partial charge on any atom is -0.477 e. The number of benzene rings is 1. The monoisotopic (exact) mass is 892 g/mol. The molecule has 0 aliphatic carbocycles. The van der Waals surface area contributed by atoms with Crippen LogP contribution >= 0.6 is 46.5 Å². The van der Waals surface area contributed by atoms with Gasteiger partial charge in [-0.1, -0.05) is 53.7 Å². The fourth-order valence-corrected chi connectivity index (χ4v) is 9.78. The van der Waals surface area contributed by atoms with Crippen molar-refractivity contribution in [2.45, 2.75) is 60.5 Å². The zero-order valence-corrected chi connectivity index (χ0v) is 34.7. The molecule has 3 aromatic rings. The molecule has 316 valence electrons. The molecular weight excluding hydrogens is 852 g/mol. The van der Waals surface area contributed by atoms with Crippen molar-refractivity contribution in [3.63, 3.8) is 0 Å². The van der Waals surface area contributed by atoms with Gasteiger partial charge in [-0.05, 0) is 48.5 Å². The molecule has 0 bridgehead atoms. The quantitative estimate of drug-likeness (QED) is 0.0855. The van der Waals surface area contributed by atoms with Gasteiger partial charge in [0.1, 0.15) is 34.9 Å². The summed E-state index contributed by atoms with van der Waals surface area (Å²) < 4.78 is 1.67. The Morgan fingerprint density at radius 3 is 2.39 bits per heavy atom. The van der Waals surface area contributed by atoms with E-state index in [4.69, 9.17) is 23.1 Å². The van der Waals surface area contributed by atoms with E-state index in [9.17, 15) is 39.0 Å². The number of allylic oxidation sites excluding steroid dienone is 1. The Labute approximate surface area is 353 Å². The summed E-state index contributed by atoms with van der Waals surface area (Å²) in [7, 11) is 3.90. The number of rotatable bonds is 14. The summed E-state index contributed by atoms with van der Waals surface area (Å²) in [5.41, 5.74) is 13.0. The number of thioether (sulfide) groups is 2.